The van der Waals surface area contributed by atoms with Crippen molar-refractivity contribution >= 4 is 17.7 Å². The van der Waals surface area contributed by atoms with Crippen LogP contribution in [0, 0.1) is 5.92 Å². The van der Waals surface area contributed by atoms with E-state index in [-0.39, 0.29) is 18.1 Å². The predicted molar refractivity (Wildman–Crippen MR) is 76.1 cm³/mol. The van der Waals surface area contributed by atoms with Crippen LogP contribution in [0.15, 0.2) is 11.1 Å². The Morgan fingerprint density at radius 1 is 1.53 bits per heavy atom. The molecule has 1 aliphatic rings. The van der Waals surface area contributed by atoms with Crippen LogP contribution in [0.5, 0.6) is 0 Å². The highest BCUT2D eigenvalue weighted by atomic mass is 35.5. The second kappa shape index (κ2) is 6.62. The van der Waals surface area contributed by atoms with Gasteiger partial charge in [0.05, 0.1) is 6.10 Å². The number of hydrogen-bond donors (Lipinski definition) is 1. The molecule has 0 aromatic heterocycles. The van der Waals surface area contributed by atoms with E-state index in [2.05, 4.69) is 0 Å². The first-order valence-electron chi connectivity index (χ1n) is 6.65. The lowest BCUT2D eigenvalue weighted by molar-refractivity contribution is -0.00822. The number of carbonyl (C=O) groups is 1. The van der Waals surface area contributed by atoms with Gasteiger partial charge in [0.2, 0.25) is 0 Å². The molecule has 1 fully saturated rings. The molecule has 0 aromatic rings. The van der Waals surface area contributed by atoms with Gasteiger partial charge in [-0.2, -0.15) is 0 Å². The summed E-state index contributed by atoms with van der Waals surface area (Å²) >= 11 is 5.66. The molecular formula is C14H24ClNO3. The molecule has 1 amide bonds. The lowest BCUT2D eigenvalue weighted by Gasteiger charge is -2.37. The van der Waals surface area contributed by atoms with E-state index in [0.717, 1.165) is 5.57 Å². The molecule has 2 unspecified atom stereocenters. The summed E-state index contributed by atoms with van der Waals surface area (Å²) in [5.74, 6) is 0.0243. The van der Waals surface area contributed by atoms with Crippen molar-refractivity contribution in [3.05, 3.63) is 11.1 Å². The van der Waals surface area contributed by atoms with E-state index in [1.165, 1.54) is 5.54 Å². The molecule has 2 atom stereocenters. The van der Waals surface area contributed by atoms with E-state index in [9.17, 15) is 9.90 Å². The van der Waals surface area contributed by atoms with Crippen molar-refractivity contribution in [1.82, 2.24) is 4.90 Å². The van der Waals surface area contributed by atoms with E-state index < -0.39 is 5.60 Å². The Kier molecular flexibility index (Phi) is 5.68. The van der Waals surface area contributed by atoms with Gasteiger partial charge in [0.25, 0.3) is 0 Å². The van der Waals surface area contributed by atoms with Crippen LogP contribution in [0.2, 0.25) is 0 Å². The van der Waals surface area contributed by atoms with Crippen LogP contribution in [0.3, 0.4) is 0 Å². The standard InChI is InChI=1S/C14H24ClNO3/c1-10(8-15)7-11-9-16(6-5-12(11)17)13(18)19-14(2,3)4/h8,11-12,17H,5-7,9H2,1-4H3. The number of rotatable bonds is 2. The summed E-state index contributed by atoms with van der Waals surface area (Å²) in [7, 11) is 0. The van der Waals surface area contributed by atoms with E-state index in [1.807, 2.05) is 27.7 Å². The molecular weight excluding hydrogens is 266 g/mol. The summed E-state index contributed by atoms with van der Waals surface area (Å²) in [6.07, 6.45) is 0.589. The molecule has 4 nitrogen and oxygen atoms in total. The third kappa shape index (κ3) is 5.41. The molecule has 5 heteroatoms. The third-order valence-corrected chi connectivity index (χ3v) is 3.49. The first-order valence-corrected chi connectivity index (χ1v) is 7.08. The minimum Gasteiger partial charge on any atom is -0.444 e. The van der Waals surface area contributed by atoms with Crippen molar-refractivity contribution in [3.63, 3.8) is 0 Å². The van der Waals surface area contributed by atoms with Crippen LogP contribution in [0.1, 0.15) is 40.5 Å². The molecule has 0 bridgehead atoms. The summed E-state index contributed by atoms with van der Waals surface area (Å²) in [5.41, 5.74) is 2.05. The smallest absolute Gasteiger partial charge is 0.410 e. The van der Waals surface area contributed by atoms with Crippen molar-refractivity contribution in [3.8, 4) is 0 Å². The summed E-state index contributed by atoms with van der Waals surface area (Å²) in [6.45, 7) is 8.52. The zero-order valence-electron chi connectivity index (χ0n) is 12.1. The number of piperidine rings is 1. The van der Waals surface area contributed by atoms with E-state index in [1.54, 1.807) is 4.90 Å². The lowest BCUT2D eigenvalue weighted by Crippen LogP contribution is -2.47. The van der Waals surface area contributed by atoms with Crippen molar-refractivity contribution in [2.24, 2.45) is 5.92 Å². The van der Waals surface area contributed by atoms with Gasteiger partial charge in [0, 0.05) is 24.5 Å². The maximum absolute atomic E-state index is 12.0. The fourth-order valence-corrected chi connectivity index (χ4v) is 2.26. The maximum atomic E-state index is 12.0. The SMILES string of the molecule is CC(=CCl)CC1CN(C(=O)OC(C)(C)C)CCC1O. The fraction of sp³-hybridized carbons (Fsp3) is 0.786. The lowest BCUT2D eigenvalue weighted by atomic mass is 9.89. The Bertz CT molecular complexity index is 349. The molecule has 0 saturated carbocycles. The van der Waals surface area contributed by atoms with Gasteiger partial charge in [-0.15, -0.1) is 0 Å². The number of likely N-dealkylation sites (tertiary alicyclic amines) is 1. The Labute approximate surface area is 120 Å². The fourth-order valence-electron chi connectivity index (χ4n) is 2.17. The number of amides is 1. The van der Waals surface area contributed by atoms with Crippen LogP contribution < -0.4 is 0 Å². The number of nitrogens with zero attached hydrogens (tertiary/aromatic N) is 1. The summed E-state index contributed by atoms with van der Waals surface area (Å²) < 4.78 is 5.36. The second-order valence-corrected chi connectivity index (χ2v) is 6.42. The number of aliphatic hydroxyl groups is 1. The van der Waals surface area contributed by atoms with Crippen LogP contribution in [-0.2, 0) is 4.74 Å². The molecule has 0 radical (unpaired) electrons. The van der Waals surface area contributed by atoms with Gasteiger partial charge >= 0.3 is 6.09 Å². The minimum absolute atomic E-state index is 0.0243. The molecule has 19 heavy (non-hydrogen) atoms. The average Bonchev–Trinajstić information content (AvgIpc) is 2.29. The van der Waals surface area contributed by atoms with Gasteiger partial charge in [-0.05, 0) is 40.5 Å². The molecule has 0 aliphatic carbocycles. The van der Waals surface area contributed by atoms with Crippen LogP contribution in [0.25, 0.3) is 0 Å². The van der Waals surface area contributed by atoms with Gasteiger partial charge in [0.1, 0.15) is 5.60 Å². The monoisotopic (exact) mass is 289 g/mol. The van der Waals surface area contributed by atoms with Gasteiger partial charge < -0.3 is 14.7 Å². The Morgan fingerprint density at radius 2 is 2.16 bits per heavy atom. The van der Waals surface area contributed by atoms with Crippen molar-refractivity contribution in [1.29, 1.82) is 0 Å². The highest BCUT2D eigenvalue weighted by Crippen LogP contribution is 2.25. The molecule has 0 spiro atoms. The zero-order chi connectivity index (χ0) is 14.6. The molecule has 1 rings (SSSR count). The van der Waals surface area contributed by atoms with Gasteiger partial charge in [0.15, 0.2) is 0 Å². The first-order chi connectivity index (χ1) is 8.73. The van der Waals surface area contributed by atoms with Crippen molar-refractivity contribution in [2.45, 2.75) is 52.2 Å². The zero-order valence-corrected chi connectivity index (χ0v) is 12.9. The molecule has 1 N–H and O–H groups in total. The second-order valence-electron chi connectivity index (χ2n) is 6.20. The normalized spacial score (nSPS) is 25.4. The van der Waals surface area contributed by atoms with Gasteiger partial charge in [-0.25, -0.2) is 4.79 Å². The largest absolute Gasteiger partial charge is 0.444 e. The van der Waals surface area contributed by atoms with Crippen LogP contribution >= 0.6 is 11.6 Å². The maximum Gasteiger partial charge on any atom is 0.410 e. The number of halogens is 1. The molecule has 0 aromatic carbocycles. The first kappa shape index (κ1) is 16.3. The number of carbonyl (C=O) groups excluding carboxylic acids is 1. The highest BCUT2D eigenvalue weighted by molar-refractivity contribution is 6.25. The Morgan fingerprint density at radius 3 is 2.68 bits per heavy atom. The predicted octanol–water partition coefficient (Wildman–Crippen LogP) is 3.14. The summed E-state index contributed by atoms with van der Waals surface area (Å²) in [4.78, 5) is 13.7. The Balaban J connectivity index is 2.61. The Hall–Kier alpha value is -0.740. The molecule has 1 aliphatic heterocycles. The summed E-state index contributed by atoms with van der Waals surface area (Å²) in [5, 5.41) is 10.00. The molecule has 1 heterocycles. The average molecular weight is 290 g/mol. The van der Waals surface area contributed by atoms with Crippen molar-refractivity contribution < 1.29 is 14.6 Å². The number of hydrogen-bond acceptors (Lipinski definition) is 3. The van der Waals surface area contributed by atoms with E-state index in [4.69, 9.17) is 16.3 Å². The molecule has 110 valence electrons. The number of allylic oxidation sites excluding steroid dienone is 1. The van der Waals surface area contributed by atoms with Crippen molar-refractivity contribution in [2.75, 3.05) is 13.1 Å². The molecule has 1 saturated heterocycles. The quantitative estimate of drug-likeness (QED) is 0.849. The van der Waals surface area contributed by atoms with E-state index >= 15 is 0 Å². The third-order valence-electron chi connectivity index (χ3n) is 3.12. The van der Waals surface area contributed by atoms with Gasteiger partial charge in [-0.3, -0.25) is 0 Å². The number of ether oxygens (including phenoxy) is 1. The number of aliphatic hydroxyl groups excluding tert-OH is 1. The minimum atomic E-state index is -0.491. The van der Waals surface area contributed by atoms with Crippen LogP contribution in [-0.4, -0.2) is 40.9 Å². The van der Waals surface area contributed by atoms with Crippen LogP contribution in [0.4, 0.5) is 4.79 Å². The summed E-state index contributed by atoms with van der Waals surface area (Å²) in [6, 6.07) is 0. The van der Waals surface area contributed by atoms with E-state index in [0.29, 0.717) is 25.9 Å². The topological polar surface area (TPSA) is 49.8 Å². The highest BCUT2D eigenvalue weighted by Gasteiger charge is 2.32. The van der Waals surface area contributed by atoms with Gasteiger partial charge in [-0.1, -0.05) is 17.2 Å².